The van der Waals surface area contributed by atoms with Gasteiger partial charge in [0.1, 0.15) is 17.6 Å². The van der Waals surface area contributed by atoms with E-state index in [0.717, 1.165) is 11.5 Å². The van der Waals surface area contributed by atoms with Gasteiger partial charge in [0.05, 0.1) is 5.92 Å². The SMILES string of the molecule is C1=CC2OC3=C(C=CC4c5cc(-c6cccc(-c7c8ccccc8c(-c8ccc9ccccc9c8)c8ccccc78)c6)ccc5OC34)C2C=C1. The van der Waals surface area contributed by atoms with Gasteiger partial charge in [-0.3, -0.25) is 0 Å². The molecule has 0 bridgehead atoms. The van der Waals surface area contributed by atoms with Crippen LogP contribution in [0.5, 0.6) is 5.75 Å². The first-order chi connectivity index (χ1) is 24.8. The molecule has 50 heavy (non-hydrogen) atoms. The van der Waals surface area contributed by atoms with Gasteiger partial charge in [-0.1, -0.05) is 140 Å². The van der Waals surface area contributed by atoms with Crippen LogP contribution in [0.4, 0.5) is 0 Å². The normalized spacial score (nSPS) is 21.2. The summed E-state index contributed by atoms with van der Waals surface area (Å²) >= 11 is 0. The Morgan fingerprint density at radius 2 is 1.08 bits per heavy atom. The molecule has 2 heterocycles. The highest BCUT2D eigenvalue weighted by atomic mass is 16.5. The lowest BCUT2D eigenvalue weighted by Crippen LogP contribution is -2.24. The molecule has 4 atom stereocenters. The van der Waals surface area contributed by atoms with Crippen LogP contribution >= 0.6 is 0 Å². The van der Waals surface area contributed by atoms with Crippen molar-refractivity contribution in [2.24, 2.45) is 5.92 Å². The Morgan fingerprint density at radius 3 is 1.86 bits per heavy atom. The number of hydrogen-bond donors (Lipinski definition) is 0. The van der Waals surface area contributed by atoms with Gasteiger partial charge in [-0.05, 0) is 96.0 Å². The minimum atomic E-state index is -0.113. The molecule has 0 amide bonds. The van der Waals surface area contributed by atoms with Crippen LogP contribution in [0.1, 0.15) is 11.5 Å². The Kier molecular flexibility index (Phi) is 5.94. The second kappa shape index (κ2) is 10.7. The van der Waals surface area contributed by atoms with Crippen molar-refractivity contribution in [1.82, 2.24) is 0 Å². The van der Waals surface area contributed by atoms with Gasteiger partial charge in [0.2, 0.25) is 0 Å². The fourth-order valence-electron chi connectivity index (χ4n) is 8.83. The van der Waals surface area contributed by atoms with Gasteiger partial charge < -0.3 is 9.47 Å². The largest absolute Gasteiger partial charge is 0.485 e. The number of fused-ring (bicyclic) bond motifs is 9. The van der Waals surface area contributed by atoms with E-state index in [1.54, 1.807) is 0 Å². The summed E-state index contributed by atoms with van der Waals surface area (Å²) in [6.45, 7) is 0. The molecule has 0 radical (unpaired) electrons. The molecule has 2 heteroatoms. The maximum atomic E-state index is 6.60. The van der Waals surface area contributed by atoms with Gasteiger partial charge in [-0.25, -0.2) is 0 Å². The zero-order valence-corrected chi connectivity index (χ0v) is 27.3. The summed E-state index contributed by atoms with van der Waals surface area (Å²) in [5.74, 6) is 2.35. The highest BCUT2D eigenvalue weighted by molar-refractivity contribution is 6.21. The summed E-state index contributed by atoms with van der Waals surface area (Å²) in [5, 5.41) is 7.56. The van der Waals surface area contributed by atoms with E-state index in [2.05, 4.69) is 170 Å². The zero-order valence-electron chi connectivity index (χ0n) is 27.3. The van der Waals surface area contributed by atoms with Gasteiger partial charge in [0, 0.05) is 17.1 Å². The Labute approximate surface area is 290 Å². The smallest absolute Gasteiger partial charge is 0.166 e. The molecule has 2 aliphatic carbocycles. The number of ether oxygens (including phenoxy) is 2. The quantitative estimate of drug-likeness (QED) is 0.179. The number of rotatable bonds is 3. The Hall–Kier alpha value is -6.12. The zero-order chi connectivity index (χ0) is 32.8. The van der Waals surface area contributed by atoms with Crippen molar-refractivity contribution in [3.8, 4) is 39.1 Å². The van der Waals surface area contributed by atoms with Gasteiger partial charge in [0.25, 0.3) is 0 Å². The third-order valence-electron chi connectivity index (χ3n) is 11.1. The van der Waals surface area contributed by atoms with Crippen LogP contribution in [0, 0.1) is 5.92 Å². The van der Waals surface area contributed by atoms with Crippen LogP contribution in [-0.2, 0) is 4.74 Å². The van der Waals surface area contributed by atoms with Crippen LogP contribution in [0.15, 0.2) is 181 Å². The summed E-state index contributed by atoms with van der Waals surface area (Å²) in [6, 6.07) is 49.0. The predicted molar refractivity (Wildman–Crippen MR) is 205 cm³/mol. The molecule has 4 aliphatic rings. The maximum absolute atomic E-state index is 6.60. The lowest BCUT2D eigenvalue weighted by atomic mass is 9.83. The van der Waals surface area contributed by atoms with Gasteiger partial charge in [0.15, 0.2) is 6.10 Å². The lowest BCUT2D eigenvalue weighted by molar-refractivity contribution is 0.102. The van der Waals surface area contributed by atoms with Crippen LogP contribution in [0.2, 0.25) is 0 Å². The monoisotopic (exact) mass is 640 g/mol. The molecule has 7 aromatic carbocycles. The number of allylic oxidation sites excluding steroid dienone is 3. The van der Waals surface area contributed by atoms with Crippen molar-refractivity contribution in [1.29, 1.82) is 0 Å². The van der Waals surface area contributed by atoms with Crippen molar-refractivity contribution in [2.75, 3.05) is 0 Å². The molecule has 236 valence electrons. The van der Waals surface area contributed by atoms with Crippen LogP contribution in [-0.4, -0.2) is 12.2 Å². The van der Waals surface area contributed by atoms with Crippen LogP contribution in [0.25, 0.3) is 65.7 Å². The maximum Gasteiger partial charge on any atom is 0.166 e. The molecular formula is C48H32O2. The second-order valence-electron chi connectivity index (χ2n) is 13.9. The molecule has 0 saturated carbocycles. The van der Waals surface area contributed by atoms with E-state index in [-0.39, 0.29) is 24.0 Å². The van der Waals surface area contributed by atoms with E-state index in [1.807, 2.05) is 0 Å². The van der Waals surface area contributed by atoms with Crippen LogP contribution in [0.3, 0.4) is 0 Å². The summed E-state index contributed by atoms with van der Waals surface area (Å²) in [6.07, 6.45) is 13.1. The van der Waals surface area contributed by atoms with E-state index in [0.29, 0.717) is 0 Å². The molecule has 7 aromatic rings. The average molecular weight is 641 g/mol. The van der Waals surface area contributed by atoms with Crippen molar-refractivity contribution in [2.45, 2.75) is 18.1 Å². The van der Waals surface area contributed by atoms with E-state index < -0.39 is 0 Å². The average Bonchev–Trinajstić information content (AvgIpc) is 3.75. The lowest BCUT2D eigenvalue weighted by Gasteiger charge is -2.22. The van der Waals surface area contributed by atoms with E-state index >= 15 is 0 Å². The first-order valence-corrected chi connectivity index (χ1v) is 17.6. The number of benzene rings is 7. The van der Waals surface area contributed by atoms with Gasteiger partial charge in [-0.2, -0.15) is 0 Å². The first-order valence-electron chi connectivity index (χ1n) is 17.6. The van der Waals surface area contributed by atoms with Crippen LogP contribution < -0.4 is 4.74 Å². The van der Waals surface area contributed by atoms with Crippen molar-refractivity contribution >= 4 is 32.3 Å². The molecule has 0 spiro atoms. The summed E-state index contributed by atoms with van der Waals surface area (Å²) in [5.41, 5.74) is 9.87. The Bertz CT molecular complexity index is 2630. The van der Waals surface area contributed by atoms with E-state index in [1.165, 1.54) is 76.8 Å². The molecule has 2 aliphatic heterocycles. The van der Waals surface area contributed by atoms with Crippen molar-refractivity contribution in [3.05, 3.63) is 187 Å². The third-order valence-corrected chi connectivity index (χ3v) is 11.1. The molecule has 0 fully saturated rings. The van der Waals surface area contributed by atoms with Crippen molar-refractivity contribution in [3.63, 3.8) is 0 Å². The first kappa shape index (κ1) is 27.8. The Morgan fingerprint density at radius 1 is 0.440 bits per heavy atom. The molecule has 0 aromatic heterocycles. The molecule has 11 rings (SSSR count). The third kappa shape index (κ3) is 4.09. The van der Waals surface area contributed by atoms with E-state index in [4.69, 9.17) is 9.47 Å². The summed E-state index contributed by atoms with van der Waals surface area (Å²) < 4.78 is 13.1. The fourth-order valence-corrected chi connectivity index (χ4v) is 8.83. The minimum Gasteiger partial charge on any atom is -0.485 e. The minimum absolute atomic E-state index is 0.0628. The Balaban J connectivity index is 1.02. The highest BCUT2D eigenvalue weighted by Crippen LogP contribution is 2.51. The van der Waals surface area contributed by atoms with Gasteiger partial charge >= 0.3 is 0 Å². The highest BCUT2D eigenvalue weighted by Gasteiger charge is 2.46. The fraction of sp³-hybridized carbons (Fsp3) is 0.0833. The van der Waals surface area contributed by atoms with Crippen molar-refractivity contribution < 1.29 is 9.47 Å². The summed E-state index contributed by atoms with van der Waals surface area (Å²) in [4.78, 5) is 0. The molecule has 0 N–H and O–H groups in total. The van der Waals surface area contributed by atoms with Gasteiger partial charge in [-0.15, -0.1) is 0 Å². The standard InChI is InChI=1S/C48H32O2/c1-2-11-30-26-34(21-20-29(30)10-1)46-38-17-5-3-15-36(38)45(37-16-4-6-18-39(37)46)33-13-9-12-31(27-33)32-22-25-44-42(28-32)41-24-23-40-35-14-7-8-19-43(35)49-47(40)48(41)50-44/h1-28,35,41,43,48H. The van der Waals surface area contributed by atoms with E-state index in [9.17, 15) is 0 Å². The number of hydrogen-bond acceptors (Lipinski definition) is 2. The summed E-state index contributed by atoms with van der Waals surface area (Å²) in [7, 11) is 0. The molecule has 4 unspecified atom stereocenters. The topological polar surface area (TPSA) is 18.5 Å². The second-order valence-corrected chi connectivity index (χ2v) is 13.9. The molecule has 2 nitrogen and oxygen atoms in total. The predicted octanol–water partition coefficient (Wildman–Crippen LogP) is 12.0. The molecule has 0 saturated heterocycles. The molecular weight excluding hydrogens is 609 g/mol.